The van der Waals surface area contributed by atoms with Crippen LogP contribution in [0.1, 0.15) is 45.6 Å². The number of anilines is 1. The Morgan fingerprint density at radius 1 is 1.28 bits per heavy atom. The molecule has 1 aliphatic carbocycles. The minimum absolute atomic E-state index is 0.0130. The first-order chi connectivity index (χ1) is 8.54. The number of rotatable bonds is 5. The van der Waals surface area contributed by atoms with Crippen LogP contribution < -0.4 is 5.32 Å². The summed E-state index contributed by atoms with van der Waals surface area (Å²) >= 11 is 0. The van der Waals surface area contributed by atoms with Crippen molar-refractivity contribution in [3.8, 4) is 0 Å². The van der Waals surface area contributed by atoms with E-state index >= 15 is 0 Å². The SMILES string of the molecule is CCCCc1ccc(NC2CC(O)C2(C)C)cc1. The molecule has 1 fully saturated rings. The number of hydrogen-bond donors (Lipinski definition) is 2. The van der Waals surface area contributed by atoms with Gasteiger partial charge in [-0.25, -0.2) is 0 Å². The quantitative estimate of drug-likeness (QED) is 0.833. The van der Waals surface area contributed by atoms with Gasteiger partial charge in [0.15, 0.2) is 0 Å². The van der Waals surface area contributed by atoms with Gasteiger partial charge in [0.2, 0.25) is 0 Å². The monoisotopic (exact) mass is 247 g/mol. The molecule has 0 amide bonds. The van der Waals surface area contributed by atoms with Crippen molar-refractivity contribution in [1.82, 2.24) is 0 Å². The number of benzene rings is 1. The maximum Gasteiger partial charge on any atom is 0.0630 e. The predicted molar refractivity (Wildman–Crippen MR) is 76.9 cm³/mol. The van der Waals surface area contributed by atoms with Crippen molar-refractivity contribution in [3.63, 3.8) is 0 Å². The zero-order valence-electron chi connectivity index (χ0n) is 11.7. The highest BCUT2D eigenvalue weighted by Gasteiger charge is 2.47. The highest BCUT2D eigenvalue weighted by molar-refractivity contribution is 5.46. The Kier molecular flexibility index (Phi) is 3.96. The highest BCUT2D eigenvalue weighted by Crippen LogP contribution is 2.42. The predicted octanol–water partition coefficient (Wildman–Crippen LogP) is 3.60. The molecule has 2 rings (SSSR count). The molecule has 0 aromatic heterocycles. The molecule has 2 N–H and O–H groups in total. The molecule has 100 valence electrons. The molecule has 1 saturated carbocycles. The van der Waals surface area contributed by atoms with Crippen LogP contribution in [0.25, 0.3) is 0 Å². The average molecular weight is 247 g/mol. The molecule has 2 heteroatoms. The molecule has 1 aromatic carbocycles. The van der Waals surface area contributed by atoms with Gasteiger partial charge in [-0.3, -0.25) is 0 Å². The lowest BCUT2D eigenvalue weighted by Gasteiger charge is -2.49. The van der Waals surface area contributed by atoms with Crippen molar-refractivity contribution >= 4 is 5.69 Å². The highest BCUT2D eigenvalue weighted by atomic mass is 16.3. The first-order valence-corrected chi connectivity index (χ1v) is 7.07. The number of aliphatic hydroxyl groups is 1. The molecular weight excluding hydrogens is 222 g/mol. The fourth-order valence-electron chi connectivity index (χ4n) is 2.50. The van der Waals surface area contributed by atoms with Gasteiger partial charge in [-0.1, -0.05) is 39.3 Å². The molecule has 1 aliphatic rings. The lowest BCUT2D eigenvalue weighted by molar-refractivity contribution is -0.0510. The van der Waals surface area contributed by atoms with Crippen molar-refractivity contribution in [3.05, 3.63) is 29.8 Å². The standard InChI is InChI=1S/C16H25NO/c1-4-5-6-12-7-9-13(10-8-12)17-14-11-15(18)16(14,2)3/h7-10,14-15,17-18H,4-6,11H2,1-3H3. The summed E-state index contributed by atoms with van der Waals surface area (Å²) in [5.41, 5.74) is 2.57. The number of hydrogen-bond acceptors (Lipinski definition) is 2. The van der Waals surface area contributed by atoms with E-state index in [1.165, 1.54) is 30.5 Å². The summed E-state index contributed by atoms with van der Waals surface area (Å²) in [5.74, 6) is 0. The number of aryl methyl sites for hydroxylation is 1. The minimum atomic E-state index is -0.168. The molecule has 0 heterocycles. The Bertz CT molecular complexity index is 383. The Morgan fingerprint density at radius 3 is 2.44 bits per heavy atom. The van der Waals surface area contributed by atoms with Gasteiger partial charge in [0.1, 0.15) is 0 Å². The van der Waals surface area contributed by atoms with E-state index in [1.54, 1.807) is 0 Å². The van der Waals surface area contributed by atoms with E-state index in [-0.39, 0.29) is 11.5 Å². The molecule has 1 aromatic rings. The van der Waals surface area contributed by atoms with Gasteiger partial charge in [-0.2, -0.15) is 0 Å². The van der Waals surface area contributed by atoms with Gasteiger partial charge >= 0.3 is 0 Å². The van der Waals surface area contributed by atoms with Crippen molar-refractivity contribution in [2.24, 2.45) is 5.41 Å². The fraction of sp³-hybridized carbons (Fsp3) is 0.625. The second-order valence-corrected chi connectivity index (χ2v) is 6.07. The van der Waals surface area contributed by atoms with E-state index in [0.717, 1.165) is 6.42 Å². The van der Waals surface area contributed by atoms with Gasteiger partial charge in [0.05, 0.1) is 6.10 Å². The minimum Gasteiger partial charge on any atom is -0.392 e. The van der Waals surface area contributed by atoms with Crippen LogP contribution in [0.5, 0.6) is 0 Å². The molecule has 2 unspecified atom stereocenters. The lowest BCUT2D eigenvalue weighted by atomic mass is 9.64. The Labute approximate surface area is 110 Å². The summed E-state index contributed by atoms with van der Waals surface area (Å²) in [6, 6.07) is 9.12. The first kappa shape index (κ1) is 13.4. The largest absolute Gasteiger partial charge is 0.392 e. The van der Waals surface area contributed by atoms with Gasteiger partial charge < -0.3 is 10.4 Å². The van der Waals surface area contributed by atoms with E-state index in [1.807, 2.05) is 0 Å². The number of unbranched alkanes of at least 4 members (excludes halogenated alkanes) is 1. The lowest BCUT2D eigenvalue weighted by Crippen LogP contribution is -2.56. The van der Waals surface area contributed by atoms with Crippen LogP contribution in [0, 0.1) is 5.41 Å². The van der Waals surface area contributed by atoms with Crippen LogP contribution >= 0.6 is 0 Å². The summed E-state index contributed by atoms with van der Waals surface area (Å²) < 4.78 is 0. The summed E-state index contributed by atoms with van der Waals surface area (Å²) in [7, 11) is 0. The van der Waals surface area contributed by atoms with Crippen LogP contribution in [0.3, 0.4) is 0 Å². The number of nitrogens with one attached hydrogen (secondary N) is 1. The molecule has 0 radical (unpaired) electrons. The molecule has 2 nitrogen and oxygen atoms in total. The molecule has 0 saturated heterocycles. The Balaban J connectivity index is 1.91. The summed E-state index contributed by atoms with van der Waals surface area (Å²) in [4.78, 5) is 0. The van der Waals surface area contributed by atoms with Crippen LogP contribution in [0.2, 0.25) is 0 Å². The van der Waals surface area contributed by atoms with Crippen LogP contribution in [0.4, 0.5) is 5.69 Å². The molecule has 0 bridgehead atoms. The normalized spacial score (nSPS) is 25.6. The Hall–Kier alpha value is -1.02. The fourth-order valence-corrected chi connectivity index (χ4v) is 2.50. The number of aliphatic hydroxyl groups excluding tert-OH is 1. The summed E-state index contributed by atoms with van der Waals surface area (Å²) in [5, 5.41) is 13.2. The van der Waals surface area contributed by atoms with Crippen molar-refractivity contribution in [1.29, 1.82) is 0 Å². The van der Waals surface area contributed by atoms with Crippen LogP contribution in [-0.4, -0.2) is 17.3 Å². The molecule has 2 atom stereocenters. The van der Waals surface area contributed by atoms with E-state index in [4.69, 9.17) is 0 Å². The summed E-state index contributed by atoms with van der Waals surface area (Å²) in [6.07, 6.45) is 4.36. The first-order valence-electron chi connectivity index (χ1n) is 7.07. The van der Waals surface area contributed by atoms with Gasteiger partial charge in [-0.15, -0.1) is 0 Å². The molecular formula is C16H25NO. The molecule has 0 aliphatic heterocycles. The van der Waals surface area contributed by atoms with E-state index in [0.29, 0.717) is 6.04 Å². The Morgan fingerprint density at radius 2 is 1.94 bits per heavy atom. The van der Waals surface area contributed by atoms with Crippen LogP contribution in [0.15, 0.2) is 24.3 Å². The van der Waals surface area contributed by atoms with E-state index in [2.05, 4.69) is 50.4 Å². The second kappa shape index (κ2) is 5.31. The van der Waals surface area contributed by atoms with Crippen molar-refractivity contribution < 1.29 is 5.11 Å². The summed E-state index contributed by atoms with van der Waals surface area (Å²) in [6.45, 7) is 6.46. The molecule has 18 heavy (non-hydrogen) atoms. The zero-order chi connectivity index (χ0) is 13.2. The van der Waals surface area contributed by atoms with E-state index in [9.17, 15) is 5.11 Å². The maximum atomic E-state index is 9.73. The zero-order valence-corrected chi connectivity index (χ0v) is 11.7. The van der Waals surface area contributed by atoms with Crippen LogP contribution in [-0.2, 0) is 6.42 Å². The third kappa shape index (κ3) is 2.69. The van der Waals surface area contributed by atoms with Gasteiger partial charge in [0.25, 0.3) is 0 Å². The smallest absolute Gasteiger partial charge is 0.0630 e. The van der Waals surface area contributed by atoms with Gasteiger partial charge in [0, 0.05) is 17.1 Å². The van der Waals surface area contributed by atoms with E-state index < -0.39 is 0 Å². The second-order valence-electron chi connectivity index (χ2n) is 6.07. The van der Waals surface area contributed by atoms with Crippen molar-refractivity contribution in [2.75, 3.05) is 5.32 Å². The average Bonchev–Trinajstić information content (AvgIpc) is 2.37. The third-order valence-corrected chi connectivity index (χ3v) is 4.33. The maximum absolute atomic E-state index is 9.73. The topological polar surface area (TPSA) is 32.3 Å². The van der Waals surface area contributed by atoms with Crippen molar-refractivity contribution in [2.45, 2.75) is 58.6 Å². The third-order valence-electron chi connectivity index (χ3n) is 4.33. The molecule has 0 spiro atoms. The van der Waals surface area contributed by atoms with Gasteiger partial charge in [-0.05, 0) is 37.0 Å².